The average molecular weight is 334 g/mol. The first kappa shape index (κ1) is 16.1. The third-order valence-corrected chi connectivity index (χ3v) is 5.54. The number of carbonyl (C=O) groups is 1. The second kappa shape index (κ2) is 6.46. The van der Waals surface area contributed by atoms with E-state index in [0.717, 1.165) is 45.9 Å². The van der Waals surface area contributed by atoms with Gasteiger partial charge in [-0.05, 0) is 24.8 Å². The van der Waals surface area contributed by atoms with Crippen LogP contribution < -0.4 is 0 Å². The monoisotopic (exact) mass is 334 g/mol. The molecule has 1 aromatic rings. The predicted molar refractivity (Wildman–Crippen MR) is 87.8 cm³/mol. The molecule has 1 unspecified atom stereocenters. The van der Waals surface area contributed by atoms with Crippen LogP contribution in [-0.2, 0) is 16.5 Å². The van der Waals surface area contributed by atoms with E-state index in [1.54, 1.807) is 24.0 Å². The molecule has 0 aromatic carbocycles. The molecule has 3 aliphatic heterocycles. The molecule has 1 atom stereocenters. The van der Waals surface area contributed by atoms with Crippen molar-refractivity contribution < 1.29 is 14.3 Å². The molecule has 3 aliphatic rings. The lowest BCUT2D eigenvalue weighted by atomic mass is 9.82. The molecule has 0 radical (unpaired) electrons. The van der Waals surface area contributed by atoms with E-state index in [4.69, 9.17) is 9.47 Å². The standard InChI is InChI=1S/C17H26N4O3/c1-19-15(3-5-18-19)16(22)21-12-17(13-21)4-2-14(11-24-17)10-20-6-8-23-9-7-20/h3,5,14H,2,4,6-13H2,1H3. The first-order valence-corrected chi connectivity index (χ1v) is 8.87. The number of hydrogen-bond acceptors (Lipinski definition) is 5. The lowest BCUT2D eigenvalue weighted by Gasteiger charge is -2.53. The number of aryl methyl sites for hydroxylation is 1. The van der Waals surface area contributed by atoms with Crippen molar-refractivity contribution >= 4 is 5.91 Å². The van der Waals surface area contributed by atoms with Gasteiger partial charge in [0.1, 0.15) is 11.3 Å². The zero-order valence-corrected chi connectivity index (χ0v) is 14.3. The maximum Gasteiger partial charge on any atom is 0.272 e. The van der Waals surface area contributed by atoms with Crippen molar-refractivity contribution in [2.45, 2.75) is 18.4 Å². The first-order chi connectivity index (χ1) is 11.7. The Balaban J connectivity index is 1.25. The van der Waals surface area contributed by atoms with E-state index < -0.39 is 0 Å². The Labute approximate surface area is 142 Å². The fraction of sp³-hybridized carbons (Fsp3) is 0.765. The Kier molecular flexibility index (Phi) is 4.32. The van der Waals surface area contributed by atoms with Crippen LogP contribution in [0.15, 0.2) is 12.3 Å². The van der Waals surface area contributed by atoms with Crippen molar-refractivity contribution in [2.24, 2.45) is 13.0 Å². The SMILES string of the molecule is Cn1nccc1C(=O)N1CC2(CCC(CN3CCOCC3)CO2)C1. The van der Waals surface area contributed by atoms with Crippen molar-refractivity contribution in [3.05, 3.63) is 18.0 Å². The van der Waals surface area contributed by atoms with E-state index in [0.29, 0.717) is 24.7 Å². The molecule has 3 fully saturated rings. The molecule has 0 aliphatic carbocycles. The lowest BCUT2D eigenvalue weighted by molar-refractivity contribution is -0.169. The fourth-order valence-corrected chi connectivity index (χ4v) is 4.00. The summed E-state index contributed by atoms with van der Waals surface area (Å²) in [7, 11) is 1.80. The number of carbonyl (C=O) groups excluding carboxylic acids is 1. The minimum absolute atomic E-state index is 0.0552. The Morgan fingerprint density at radius 1 is 1.38 bits per heavy atom. The van der Waals surface area contributed by atoms with E-state index >= 15 is 0 Å². The molecule has 1 aromatic heterocycles. The number of morpholine rings is 1. The number of nitrogens with zero attached hydrogens (tertiary/aromatic N) is 4. The van der Waals surface area contributed by atoms with Crippen LogP contribution in [0.3, 0.4) is 0 Å². The smallest absolute Gasteiger partial charge is 0.272 e. The van der Waals surface area contributed by atoms with Gasteiger partial charge < -0.3 is 14.4 Å². The van der Waals surface area contributed by atoms with Crippen LogP contribution in [0.5, 0.6) is 0 Å². The Hall–Kier alpha value is -1.44. The molecule has 0 bridgehead atoms. The Morgan fingerprint density at radius 2 is 2.17 bits per heavy atom. The topological polar surface area (TPSA) is 59.8 Å². The molecular formula is C17H26N4O3. The highest BCUT2D eigenvalue weighted by atomic mass is 16.5. The van der Waals surface area contributed by atoms with E-state index in [1.807, 2.05) is 4.90 Å². The summed E-state index contributed by atoms with van der Waals surface area (Å²) in [4.78, 5) is 16.8. The largest absolute Gasteiger partial charge is 0.379 e. The summed E-state index contributed by atoms with van der Waals surface area (Å²) < 4.78 is 13.2. The van der Waals surface area contributed by atoms with Gasteiger partial charge >= 0.3 is 0 Å². The van der Waals surface area contributed by atoms with E-state index in [9.17, 15) is 4.79 Å². The summed E-state index contributed by atoms with van der Waals surface area (Å²) in [5, 5.41) is 4.07. The predicted octanol–water partition coefficient (Wildman–Crippen LogP) is 0.374. The molecule has 24 heavy (non-hydrogen) atoms. The fourth-order valence-electron chi connectivity index (χ4n) is 4.00. The summed E-state index contributed by atoms with van der Waals surface area (Å²) in [6, 6.07) is 1.77. The molecule has 0 saturated carbocycles. The van der Waals surface area contributed by atoms with Crippen LogP contribution >= 0.6 is 0 Å². The molecule has 4 rings (SSSR count). The van der Waals surface area contributed by atoms with Gasteiger partial charge in [0.15, 0.2) is 0 Å². The van der Waals surface area contributed by atoms with Gasteiger partial charge in [0.25, 0.3) is 5.91 Å². The maximum atomic E-state index is 12.5. The number of aromatic nitrogens is 2. The quantitative estimate of drug-likeness (QED) is 0.799. The number of ether oxygens (including phenoxy) is 2. The average Bonchev–Trinajstić information content (AvgIpc) is 3.00. The summed E-state index contributed by atoms with van der Waals surface area (Å²) in [6.07, 6.45) is 3.90. The van der Waals surface area contributed by atoms with Gasteiger partial charge in [-0.15, -0.1) is 0 Å². The van der Waals surface area contributed by atoms with Crippen LogP contribution in [0.25, 0.3) is 0 Å². The van der Waals surface area contributed by atoms with Gasteiger partial charge in [0.2, 0.25) is 0 Å². The van der Waals surface area contributed by atoms with Crippen LogP contribution in [-0.4, -0.2) is 83.6 Å². The lowest BCUT2D eigenvalue weighted by Crippen LogP contribution is -2.66. The third kappa shape index (κ3) is 3.08. The molecular weight excluding hydrogens is 308 g/mol. The molecule has 4 heterocycles. The van der Waals surface area contributed by atoms with Gasteiger partial charge in [-0.2, -0.15) is 5.10 Å². The third-order valence-electron chi connectivity index (χ3n) is 5.54. The highest BCUT2D eigenvalue weighted by Crippen LogP contribution is 2.36. The minimum Gasteiger partial charge on any atom is -0.379 e. The number of likely N-dealkylation sites (tertiary alicyclic amines) is 1. The molecule has 7 nitrogen and oxygen atoms in total. The van der Waals surface area contributed by atoms with Gasteiger partial charge in [0.05, 0.1) is 32.9 Å². The Bertz CT molecular complexity index is 580. The second-order valence-electron chi connectivity index (χ2n) is 7.31. The van der Waals surface area contributed by atoms with Crippen LogP contribution in [0.2, 0.25) is 0 Å². The number of hydrogen-bond donors (Lipinski definition) is 0. The highest BCUT2D eigenvalue weighted by molar-refractivity contribution is 5.93. The molecule has 132 valence electrons. The van der Waals surface area contributed by atoms with Crippen molar-refractivity contribution in [2.75, 3.05) is 52.5 Å². The first-order valence-electron chi connectivity index (χ1n) is 8.87. The van der Waals surface area contributed by atoms with Gasteiger partial charge in [-0.1, -0.05) is 0 Å². The zero-order chi connectivity index (χ0) is 16.6. The van der Waals surface area contributed by atoms with Crippen molar-refractivity contribution in [1.29, 1.82) is 0 Å². The van der Waals surface area contributed by atoms with Crippen LogP contribution in [0, 0.1) is 5.92 Å². The van der Waals surface area contributed by atoms with Crippen molar-refractivity contribution in [1.82, 2.24) is 19.6 Å². The highest BCUT2D eigenvalue weighted by Gasteiger charge is 2.49. The van der Waals surface area contributed by atoms with Crippen LogP contribution in [0.1, 0.15) is 23.3 Å². The molecule has 7 heteroatoms. The summed E-state index contributed by atoms with van der Waals surface area (Å²) in [5.74, 6) is 0.662. The molecule has 3 saturated heterocycles. The number of rotatable bonds is 3. The maximum absolute atomic E-state index is 12.5. The van der Waals surface area contributed by atoms with E-state index in [-0.39, 0.29) is 11.5 Å². The van der Waals surface area contributed by atoms with Crippen LogP contribution in [0.4, 0.5) is 0 Å². The van der Waals surface area contributed by atoms with E-state index in [1.165, 1.54) is 6.42 Å². The van der Waals surface area contributed by atoms with Gasteiger partial charge in [0, 0.05) is 32.9 Å². The minimum atomic E-state index is -0.101. The number of amides is 1. The van der Waals surface area contributed by atoms with Gasteiger partial charge in [-0.3, -0.25) is 14.4 Å². The molecule has 0 N–H and O–H groups in total. The Morgan fingerprint density at radius 3 is 2.79 bits per heavy atom. The summed E-state index contributed by atoms with van der Waals surface area (Å²) in [5.41, 5.74) is 0.543. The van der Waals surface area contributed by atoms with Gasteiger partial charge in [-0.25, -0.2) is 0 Å². The zero-order valence-electron chi connectivity index (χ0n) is 14.3. The summed E-state index contributed by atoms with van der Waals surface area (Å²) >= 11 is 0. The van der Waals surface area contributed by atoms with Crippen molar-refractivity contribution in [3.63, 3.8) is 0 Å². The molecule has 1 amide bonds. The van der Waals surface area contributed by atoms with E-state index in [2.05, 4.69) is 10.00 Å². The second-order valence-corrected chi connectivity index (χ2v) is 7.31. The van der Waals surface area contributed by atoms with Crippen molar-refractivity contribution in [3.8, 4) is 0 Å². The molecule has 1 spiro atoms. The summed E-state index contributed by atoms with van der Waals surface area (Å²) in [6.45, 7) is 7.11. The normalized spacial score (nSPS) is 27.2.